The van der Waals surface area contributed by atoms with Gasteiger partial charge in [-0.25, -0.2) is 4.98 Å². The predicted molar refractivity (Wildman–Crippen MR) is 112 cm³/mol. The van der Waals surface area contributed by atoms with Crippen LogP contribution >= 0.6 is 0 Å². The molecule has 5 nitrogen and oxygen atoms in total. The van der Waals surface area contributed by atoms with Gasteiger partial charge in [-0.2, -0.15) is 4.98 Å². The first kappa shape index (κ1) is 17.1. The Balaban J connectivity index is 1.39. The van der Waals surface area contributed by atoms with E-state index >= 15 is 0 Å². The molecule has 0 fully saturated rings. The minimum absolute atomic E-state index is 0.593. The van der Waals surface area contributed by atoms with Crippen LogP contribution in [0.2, 0.25) is 0 Å². The molecule has 0 aliphatic carbocycles. The average molecular weight is 357 g/mol. The lowest BCUT2D eigenvalue weighted by atomic mass is 10.1. The molecule has 4 aromatic rings. The predicted octanol–water partition coefficient (Wildman–Crippen LogP) is 4.97. The van der Waals surface area contributed by atoms with Crippen LogP contribution in [-0.2, 0) is 6.42 Å². The van der Waals surface area contributed by atoms with Crippen molar-refractivity contribution in [2.45, 2.75) is 20.3 Å². The number of aromatic nitrogens is 3. The van der Waals surface area contributed by atoms with Gasteiger partial charge in [0.15, 0.2) is 0 Å². The molecule has 136 valence electrons. The summed E-state index contributed by atoms with van der Waals surface area (Å²) in [4.78, 5) is 12.2. The fraction of sp³-hybridized carbons (Fsp3) is 0.182. The maximum Gasteiger partial charge on any atom is 0.229 e. The number of nitrogens with zero attached hydrogens (tertiary/aromatic N) is 2. The third-order valence-electron chi connectivity index (χ3n) is 4.79. The van der Waals surface area contributed by atoms with E-state index in [0.717, 1.165) is 24.5 Å². The van der Waals surface area contributed by atoms with Crippen molar-refractivity contribution in [2.75, 3.05) is 17.2 Å². The molecule has 0 aliphatic rings. The molecule has 2 heterocycles. The monoisotopic (exact) mass is 357 g/mol. The molecule has 0 saturated heterocycles. The number of benzene rings is 2. The first-order chi connectivity index (χ1) is 13.2. The van der Waals surface area contributed by atoms with Crippen LogP contribution in [-0.4, -0.2) is 21.5 Å². The van der Waals surface area contributed by atoms with E-state index in [0.29, 0.717) is 5.95 Å². The van der Waals surface area contributed by atoms with Crippen LogP contribution in [0.4, 0.5) is 17.5 Å². The van der Waals surface area contributed by atoms with Gasteiger partial charge in [0.1, 0.15) is 5.82 Å². The Morgan fingerprint density at radius 1 is 1.00 bits per heavy atom. The number of fused-ring (bicyclic) bond motifs is 1. The Morgan fingerprint density at radius 2 is 1.89 bits per heavy atom. The third-order valence-corrected chi connectivity index (χ3v) is 4.79. The SMILES string of the molecule is Cc1ccc(Nc2nccc(NCCc3c[nH]c4ccccc34)n2)cc1C. The van der Waals surface area contributed by atoms with E-state index in [4.69, 9.17) is 0 Å². The molecule has 3 N–H and O–H groups in total. The number of para-hydroxylation sites is 1. The quantitative estimate of drug-likeness (QED) is 0.456. The lowest BCUT2D eigenvalue weighted by molar-refractivity contribution is 1.01. The molecule has 5 heteroatoms. The van der Waals surface area contributed by atoms with Crippen LogP contribution in [0.5, 0.6) is 0 Å². The van der Waals surface area contributed by atoms with E-state index in [-0.39, 0.29) is 0 Å². The maximum atomic E-state index is 4.56. The number of anilines is 3. The molecular weight excluding hydrogens is 334 g/mol. The van der Waals surface area contributed by atoms with Gasteiger partial charge >= 0.3 is 0 Å². The molecule has 2 aromatic carbocycles. The molecular formula is C22H23N5. The van der Waals surface area contributed by atoms with Crippen molar-refractivity contribution in [3.8, 4) is 0 Å². The van der Waals surface area contributed by atoms with Gasteiger partial charge < -0.3 is 15.6 Å². The van der Waals surface area contributed by atoms with E-state index in [9.17, 15) is 0 Å². The first-order valence-electron chi connectivity index (χ1n) is 9.15. The van der Waals surface area contributed by atoms with Gasteiger partial charge in [-0.3, -0.25) is 0 Å². The molecule has 0 atom stereocenters. The second-order valence-corrected chi connectivity index (χ2v) is 6.73. The second-order valence-electron chi connectivity index (χ2n) is 6.73. The summed E-state index contributed by atoms with van der Waals surface area (Å²) in [5.41, 5.74) is 5.99. The highest BCUT2D eigenvalue weighted by Crippen LogP contribution is 2.19. The van der Waals surface area contributed by atoms with Crippen molar-refractivity contribution in [2.24, 2.45) is 0 Å². The number of nitrogens with one attached hydrogen (secondary N) is 3. The number of hydrogen-bond acceptors (Lipinski definition) is 4. The average Bonchev–Trinajstić information content (AvgIpc) is 3.09. The Morgan fingerprint density at radius 3 is 2.78 bits per heavy atom. The molecule has 0 aliphatic heterocycles. The van der Waals surface area contributed by atoms with Crippen molar-refractivity contribution in [3.05, 3.63) is 77.6 Å². The van der Waals surface area contributed by atoms with Gasteiger partial charge in [0.05, 0.1) is 0 Å². The summed E-state index contributed by atoms with van der Waals surface area (Å²) >= 11 is 0. The molecule has 0 saturated carbocycles. The fourth-order valence-corrected chi connectivity index (χ4v) is 3.13. The van der Waals surface area contributed by atoms with E-state index in [1.807, 2.05) is 18.2 Å². The van der Waals surface area contributed by atoms with E-state index < -0.39 is 0 Å². The van der Waals surface area contributed by atoms with Crippen LogP contribution in [0.15, 0.2) is 60.9 Å². The minimum atomic E-state index is 0.593. The van der Waals surface area contributed by atoms with Crippen molar-refractivity contribution in [1.29, 1.82) is 0 Å². The fourth-order valence-electron chi connectivity index (χ4n) is 3.13. The zero-order valence-electron chi connectivity index (χ0n) is 15.6. The number of aromatic amines is 1. The topological polar surface area (TPSA) is 65.6 Å². The lowest BCUT2D eigenvalue weighted by Crippen LogP contribution is -2.07. The first-order valence-corrected chi connectivity index (χ1v) is 9.15. The molecule has 0 unspecified atom stereocenters. The minimum Gasteiger partial charge on any atom is -0.370 e. The van der Waals surface area contributed by atoms with Gasteiger partial charge in [-0.15, -0.1) is 0 Å². The Bertz CT molecular complexity index is 1070. The molecule has 0 bridgehead atoms. The summed E-state index contributed by atoms with van der Waals surface area (Å²) < 4.78 is 0. The number of rotatable bonds is 6. The Kier molecular flexibility index (Phi) is 4.75. The normalized spacial score (nSPS) is 10.9. The number of aryl methyl sites for hydroxylation is 2. The summed E-state index contributed by atoms with van der Waals surface area (Å²) in [6.07, 6.45) is 4.78. The number of H-pyrrole nitrogens is 1. The smallest absolute Gasteiger partial charge is 0.229 e. The van der Waals surface area contributed by atoms with Gasteiger partial charge in [-0.05, 0) is 61.2 Å². The van der Waals surface area contributed by atoms with Crippen LogP contribution in [0.25, 0.3) is 10.9 Å². The summed E-state index contributed by atoms with van der Waals surface area (Å²) in [5.74, 6) is 1.41. The number of hydrogen-bond donors (Lipinski definition) is 3. The van der Waals surface area contributed by atoms with Crippen molar-refractivity contribution in [3.63, 3.8) is 0 Å². The van der Waals surface area contributed by atoms with Gasteiger partial charge in [0.25, 0.3) is 0 Å². The van der Waals surface area contributed by atoms with Gasteiger partial charge in [-0.1, -0.05) is 24.3 Å². The molecule has 0 amide bonds. The molecule has 2 aromatic heterocycles. The summed E-state index contributed by atoms with van der Waals surface area (Å²) in [6, 6.07) is 16.5. The van der Waals surface area contributed by atoms with E-state index in [1.54, 1.807) is 6.20 Å². The van der Waals surface area contributed by atoms with Crippen LogP contribution in [0.1, 0.15) is 16.7 Å². The zero-order chi connectivity index (χ0) is 18.6. The van der Waals surface area contributed by atoms with Crippen LogP contribution in [0, 0.1) is 13.8 Å². The highest BCUT2D eigenvalue weighted by Gasteiger charge is 2.04. The highest BCUT2D eigenvalue weighted by atomic mass is 15.1. The van der Waals surface area contributed by atoms with Crippen molar-refractivity contribution in [1.82, 2.24) is 15.0 Å². The van der Waals surface area contributed by atoms with Crippen molar-refractivity contribution < 1.29 is 0 Å². The van der Waals surface area contributed by atoms with Crippen molar-refractivity contribution >= 4 is 28.4 Å². The highest BCUT2D eigenvalue weighted by molar-refractivity contribution is 5.83. The van der Waals surface area contributed by atoms with Gasteiger partial charge in [0.2, 0.25) is 5.95 Å². The largest absolute Gasteiger partial charge is 0.370 e. The third kappa shape index (κ3) is 3.92. The standard InChI is InChI=1S/C22H23N5/c1-15-7-8-18(13-16(15)2)26-22-24-12-10-21(27-22)23-11-9-17-14-25-20-6-4-3-5-19(17)20/h3-8,10,12-14,25H,9,11H2,1-2H3,(H2,23,24,26,27). The zero-order valence-corrected chi connectivity index (χ0v) is 15.6. The van der Waals surface area contributed by atoms with Crippen LogP contribution in [0.3, 0.4) is 0 Å². The van der Waals surface area contributed by atoms with Crippen LogP contribution < -0.4 is 10.6 Å². The second kappa shape index (κ2) is 7.50. The Labute approximate surface area is 158 Å². The molecule has 0 spiro atoms. The summed E-state index contributed by atoms with van der Waals surface area (Å²) in [6.45, 7) is 5.01. The summed E-state index contributed by atoms with van der Waals surface area (Å²) in [7, 11) is 0. The van der Waals surface area contributed by atoms with Gasteiger partial charge in [0, 0.05) is 35.5 Å². The lowest BCUT2D eigenvalue weighted by Gasteiger charge is -2.09. The maximum absolute atomic E-state index is 4.56. The molecule has 27 heavy (non-hydrogen) atoms. The van der Waals surface area contributed by atoms with E-state index in [1.165, 1.54) is 27.6 Å². The Hall–Kier alpha value is -3.34. The molecule has 0 radical (unpaired) electrons. The van der Waals surface area contributed by atoms with E-state index in [2.05, 4.69) is 76.0 Å². The molecule has 4 rings (SSSR count). The summed E-state index contributed by atoms with van der Waals surface area (Å²) in [5, 5.41) is 7.94.